The standard InChI is InChI=1S/C14H15ClFN5O/c15-10-6-17-13(18-7-10)21-5-4-14(16,8-21)12-19-11(20-22-12)9-2-1-3-9/h6-7,9H,1-5,8H2. The monoisotopic (exact) mass is 323 g/mol. The molecule has 2 fully saturated rings. The number of aromatic nitrogens is 4. The van der Waals surface area contributed by atoms with E-state index in [1.54, 1.807) is 4.90 Å². The fourth-order valence-corrected chi connectivity index (χ4v) is 2.93. The maximum Gasteiger partial charge on any atom is 0.266 e. The van der Waals surface area contributed by atoms with Crippen molar-refractivity contribution in [1.29, 1.82) is 0 Å². The largest absolute Gasteiger partial charge is 0.337 e. The average Bonchev–Trinajstić information content (AvgIpc) is 3.06. The smallest absolute Gasteiger partial charge is 0.266 e. The Hall–Kier alpha value is -1.76. The summed E-state index contributed by atoms with van der Waals surface area (Å²) < 4.78 is 20.3. The van der Waals surface area contributed by atoms with Crippen molar-refractivity contribution in [3.63, 3.8) is 0 Å². The predicted molar refractivity (Wildman–Crippen MR) is 77.5 cm³/mol. The van der Waals surface area contributed by atoms with Crippen LogP contribution in [0.15, 0.2) is 16.9 Å². The molecule has 6 nitrogen and oxygen atoms in total. The fraction of sp³-hybridized carbons (Fsp3) is 0.571. The number of hydrogen-bond acceptors (Lipinski definition) is 6. The lowest BCUT2D eigenvalue weighted by Crippen LogP contribution is -2.28. The number of alkyl halides is 1. The molecule has 1 saturated carbocycles. The highest BCUT2D eigenvalue weighted by Crippen LogP contribution is 2.39. The van der Waals surface area contributed by atoms with Crippen LogP contribution in [0, 0.1) is 0 Å². The van der Waals surface area contributed by atoms with Crippen molar-refractivity contribution >= 4 is 17.5 Å². The zero-order valence-electron chi connectivity index (χ0n) is 11.9. The Balaban J connectivity index is 1.52. The first kappa shape index (κ1) is 13.9. The van der Waals surface area contributed by atoms with E-state index in [1.807, 2.05) is 0 Å². The fourth-order valence-electron chi connectivity index (χ4n) is 2.84. The lowest BCUT2D eigenvalue weighted by atomic mass is 9.85. The molecule has 116 valence electrons. The Morgan fingerprint density at radius 3 is 2.77 bits per heavy atom. The molecular weight excluding hydrogens is 309 g/mol. The molecule has 0 N–H and O–H groups in total. The van der Waals surface area contributed by atoms with E-state index < -0.39 is 5.67 Å². The van der Waals surface area contributed by atoms with E-state index in [9.17, 15) is 0 Å². The molecule has 2 aromatic heterocycles. The normalized spacial score (nSPS) is 25.5. The molecule has 1 unspecified atom stereocenters. The van der Waals surface area contributed by atoms with Gasteiger partial charge in [-0.2, -0.15) is 4.98 Å². The average molecular weight is 324 g/mol. The van der Waals surface area contributed by atoms with Gasteiger partial charge in [-0.15, -0.1) is 0 Å². The van der Waals surface area contributed by atoms with Gasteiger partial charge in [0.15, 0.2) is 5.82 Å². The molecule has 4 rings (SSSR count). The van der Waals surface area contributed by atoms with E-state index in [1.165, 1.54) is 18.8 Å². The van der Waals surface area contributed by atoms with Gasteiger partial charge in [-0.1, -0.05) is 23.2 Å². The number of rotatable bonds is 3. The second-order valence-electron chi connectivity index (χ2n) is 5.92. The highest BCUT2D eigenvalue weighted by molar-refractivity contribution is 6.30. The Labute approximate surface area is 131 Å². The molecule has 0 amide bonds. The Bertz CT molecular complexity index is 674. The minimum absolute atomic E-state index is 0.0749. The third kappa shape index (κ3) is 2.33. The summed E-state index contributed by atoms with van der Waals surface area (Å²) in [7, 11) is 0. The summed E-state index contributed by atoms with van der Waals surface area (Å²) in [5.41, 5.74) is -1.64. The van der Waals surface area contributed by atoms with E-state index in [4.69, 9.17) is 16.1 Å². The highest BCUT2D eigenvalue weighted by Gasteiger charge is 2.46. The maximum atomic E-state index is 15.1. The second kappa shape index (κ2) is 5.15. The molecule has 2 aliphatic rings. The summed E-state index contributed by atoms with van der Waals surface area (Å²) in [6, 6.07) is 0. The van der Waals surface area contributed by atoms with Crippen LogP contribution in [0.1, 0.15) is 43.3 Å². The van der Waals surface area contributed by atoms with Gasteiger partial charge in [0, 0.05) is 18.9 Å². The highest BCUT2D eigenvalue weighted by atomic mass is 35.5. The van der Waals surface area contributed by atoms with Crippen LogP contribution >= 0.6 is 11.6 Å². The van der Waals surface area contributed by atoms with Gasteiger partial charge in [-0.25, -0.2) is 14.4 Å². The van der Waals surface area contributed by atoms with Crippen LogP contribution in [0.2, 0.25) is 5.02 Å². The third-order valence-electron chi connectivity index (χ3n) is 4.40. The van der Waals surface area contributed by atoms with Crippen LogP contribution in [-0.2, 0) is 5.67 Å². The van der Waals surface area contributed by atoms with Gasteiger partial charge in [0.25, 0.3) is 5.89 Å². The molecule has 2 aromatic rings. The summed E-state index contributed by atoms with van der Waals surface area (Å²) in [5.74, 6) is 1.51. The van der Waals surface area contributed by atoms with Gasteiger partial charge in [0.1, 0.15) is 0 Å². The Morgan fingerprint density at radius 1 is 1.32 bits per heavy atom. The molecule has 8 heteroatoms. The second-order valence-corrected chi connectivity index (χ2v) is 6.36. The first-order valence-corrected chi connectivity index (χ1v) is 7.77. The summed E-state index contributed by atoms with van der Waals surface area (Å²) in [6.45, 7) is 0.611. The SMILES string of the molecule is FC1(c2nc(C3CCC3)no2)CCN(c2ncc(Cl)cn2)C1. The third-order valence-corrected chi connectivity index (χ3v) is 4.60. The van der Waals surface area contributed by atoms with Crippen molar-refractivity contribution in [2.45, 2.75) is 37.3 Å². The minimum Gasteiger partial charge on any atom is -0.337 e. The van der Waals surface area contributed by atoms with Crippen molar-refractivity contribution in [3.05, 3.63) is 29.1 Å². The van der Waals surface area contributed by atoms with Crippen LogP contribution < -0.4 is 4.90 Å². The quantitative estimate of drug-likeness (QED) is 0.865. The van der Waals surface area contributed by atoms with E-state index in [2.05, 4.69) is 20.1 Å². The van der Waals surface area contributed by atoms with Crippen molar-refractivity contribution in [1.82, 2.24) is 20.1 Å². The van der Waals surface area contributed by atoms with Crippen LogP contribution in [0.25, 0.3) is 0 Å². The maximum absolute atomic E-state index is 15.1. The molecular formula is C14H15ClFN5O. The van der Waals surface area contributed by atoms with Gasteiger partial charge in [0.05, 0.1) is 24.0 Å². The molecule has 22 heavy (non-hydrogen) atoms. The summed E-state index contributed by atoms with van der Waals surface area (Å²) in [4.78, 5) is 14.3. The summed E-state index contributed by atoms with van der Waals surface area (Å²) in [6.07, 6.45) is 6.58. The molecule has 1 atom stereocenters. The number of nitrogens with zero attached hydrogens (tertiary/aromatic N) is 5. The molecule has 0 spiro atoms. The van der Waals surface area contributed by atoms with Crippen molar-refractivity contribution in [2.75, 3.05) is 18.0 Å². The van der Waals surface area contributed by atoms with Crippen molar-refractivity contribution < 1.29 is 8.91 Å². The number of anilines is 1. The van der Waals surface area contributed by atoms with Gasteiger partial charge in [0.2, 0.25) is 11.6 Å². The van der Waals surface area contributed by atoms with Gasteiger partial charge in [-0.3, -0.25) is 0 Å². The zero-order valence-corrected chi connectivity index (χ0v) is 12.6. The molecule has 1 aliphatic carbocycles. The van der Waals surface area contributed by atoms with E-state index in [0.29, 0.717) is 29.3 Å². The van der Waals surface area contributed by atoms with E-state index in [-0.39, 0.29) is 18.9 Å². The molecule has 1 saturated heterocycles. The Kier molecular flexibility index (Phi) is 3.25. The molecule has 3 heterocycles. The zero-order chi connectivity index (χ0) is 15.2. The van der Waals surface area contributed by atoms with Crippen LogP contribution in [0.5, 0.6) is 0 Å². The topological polar surface area (TPSA) is 67.9 Å². The summed E-state index contributed by atoms with van der Waals surface area (Å²) in [5, 5.41) is 4.40. The molecule has 1 aliphatic heterocycles. The van der Waals surface area contributed by atoms with Crippen LogP contribution in [-0.4, -0.2) is 33.2 Å². The number of halogens is 2. The van der Waals surface area contributed by atoms with Crippen LogP contribution in [0.4, 0.5) is 10.3 Å². The minimum atomic E-state index is -1.64. The van der Waals surface area contributed by atoms with E-state index in [0.717, 1.165) is 12.8 Å². The van der Waals surface area contributed by atoms with Crippen molar-refractivity contribution in [2.24, 2.45) is 0 Å². The Morgan fingerprint density at radius 2 is 2.09 bits per heavy atom. The van der Waals surface area contributed by atoms with Crippen molar-refractivity contribution in [3.8, 4) is 0 Å². The van der Waals surface area contributed by atoms with Gasteiger partial charge >= 0.3 is 0 Å². The predicted octanol–water partition coefficient (Wildman–Crippen LogP) is 2.86. The lowest BCUT2D eigenvalue weighted by molar-refractivity contribution is 0.135. The van der Waals surface area contributed by atoms with Gasteiger partial charge < -0.3 is 9.42 Å². The molecule has 0 bridgehead atoms. The first-order chi connectivity index (χ1) is 10.6. The number of hydrogen-bond donors (Lipinski definition) is 0. The first-order valence-electron chi connectivity index (χ1n) is 7.39. The lowest BCUT2D eigenvalue weighted by Gasteiger charge is -2.21. The molecule has 0 radical (unpaired) electrons. The van der Waals surface area contributed by atoms with E-state index >= 15 is 4.39 Å². The van der Waals surface area contributed by atoms with Crippen LogP contribution in [0.3, 0.4) is 0 Å². The van der Waals surface area contributed by atoms with Gasteiger partial charge in [-0.05, 0) is 12.8 Å². The molecule has 0 aromatic carbocycles. The summed E-state index contributed by atoms with van der Waals surface area (Å²) >= 11 is 5.77.